The van der Waals surface area contributed by atoms with Crippen molar-refractivity contribution in [3.05, 3.63) is 95.9 Å². The number of rotatable bonds is 9. The van der Waals surface area contributed by atoms with Crippen molar-refractivity contribution in [1.29, 1.82) is 0 Å². The van der Waals surface area contributed by atoms with E-state index >= 15 is 0 Å². The number of furan rings is 1. The third-order valence-electron chi connectivity index (χ3n) is 4.28. The number of carboxylic acids is 1. The van der Waals surface area contributed by atoms with Gasteiger partial charge in [-0.05, 0) is 36.4 Å². The summed E-state index contributed by atoms with van der Waals surface area (Å²) in [6, 6.07) is 18.5. The largest absolute Gasteiger partial charge is 0.478 e. The van der Waals surface area contributed by atoms with Gasteiger partial charge in [0.15, 0.2) is 0 Å². The van der Waals surface area contributed by atoms with Gasteiger partial charge in [-0.15, -0.1) is 0 Å². The van der Waals surface area contributed by atoms with E-state index in [2.05, 4.69) is 5.32 Å². The summed E-state index contributed by atoms with van der Waals surface area (Å²) in [6.45, 7) is -0.0931. The third-order valence-corrected chi connectivity index (χ3v) is 4.28. The summed E-state index contributed by atoms with van der Waals surface area (Å²) >= 11 is 0. The van der Waals surface area contributed by atoms with Crippen LogP contribution in [-0.4, -0.2) is 41.1 Å². The molecule has 0 spiro atoms. The van der Waals surface area contributed by atoms with Crippen molar-refractivity contribution < 1.29 is 38.2 Å². The van der Waals surface area contributed by atoms with Gasteiger partial charge in [0.1, 0.15) is 5.76 Å². The molecule has 3 rings (SSSR count). The van der Waals surface area contributed by atoms with Crippen LogP contribution in [0.2, 0.25) is 0 Å². The fourth-order valence-corrected chi connectivity index (χ4v) is 2.70. The van der Waals surface area contributed by atoms with Gasteiger partial charge in [-0.1, -0.05) is 36.4 Å². The van der Waals surface area contributed by atoms with E-state index in [1.807, 2.05) is 0 Å². The Balaban J connectivity index is 1.83. The lowest BCUT2D eigenvalue weighted by Crippen LogP contribution is -2.50. The molecular formula is C23H19NO8. The first-order chi connectivity index (χ1) is 15.5. The zero-order valence-electron chi connectivity index (χ0n) is 16.7. The predicted octanol–water partition coefficient (Wildman–Crippen LogP) is 2.43. The van der Waals surface area contributed by atoms with Gasteiger partial charge in [0.2, 0.25) is 12.2 Å². The number of hydrogen-bond donors (Lipinski definition) is 2. The summed E-state index contributed by atoms with van der Waals surface area (Å²) in [4.78, 5) is 49.6. The van der Waals surface area contributed by atoms with Gasteiger partial charge in [0.05, 0.1) is 23.9 Å². The zero-order chi connectivity index (χ0) is 22.9. The van der Waals surface area contributed by atoms with Crippen LogP contribution in [0.4, 0.5) is 0 Å². The predicted molar refractivity (Wildman–Crippen MR) is 109 cm³/mol. The highest BCUT2D eigenvalue weighted by Gasteiger charge is 2.40. The third kappa shape index (κ3) is 5.82. The van der Waals surface area contributed by atoms with Crippen LogP contribution in [-0.2, 0) is 25.6 Å². The quantitative estimate of drug-likeness (QED) is 0.488. The summed E-state index contributed by atoms with van der Waals surface area (Å²) in [5.74, 6) is -4.18. The number of carboxylic acid groups (broad SMARTS) is 1. The van der Waals surface area contributed by atoms with Crippen LogP contribution >= 0.6 is 0 Å². The van der Waals surface area contributed by atoms with Crippen molar-refractivity contribution >= 4 is 23.8 Å². The van der Waals surface area contributed by atoms with Gasteiger partial charge >= 0.3 is 17.9 Å². The maximum absolute atomic E-state index is 12.8. The SMILES string of the molecule is O=C(O[C@H](C(=O)O)[C@@H](OC(=O)c1ccccc1)C(=O)NCc1ccco1)c1ccccc1. The fourth-order valence-electron chi connectivity index (χ4n) is 2.70. The number of nitrogens with one attached hydrogen (secondary N) is 1. The highest BCUT2D eigenvalue weighted by Crippen LogP contribution is 2.14. The minimum atomic E-state index is -2.09. The van der Waals surface area contributed by atoms with Crippen molar-refractivity contribution in [2.45, 2.75) is 18.8 Å². The molecule has 164 valence electrons. The molecule has 9 nitrogen and oxygen atoms in total. The molecule has 0 saturated carbocycles. The Morgan fingerprint density at radius 2 is 1.31 bits per heavy atom. The molecule has 2 atom stereocenters. The molecule has 1 heterocycles. The maximum Gasteiger partial charge on any atom is 0.349 e. The second-order valence-electron chi connectivity index (χ2n) is 6.52. The Kier molecular flexibility index (Phi) is 7.37. The maximum atomic E-state index is 12.8. The Morgan fingerprint density at radius 3 is 1.78 bits per heavy atom. The number of hydrogen-bond acceptors (Lipinski definition) is 7. The van der Waals surface area contributed by atoms with Gasteiger partial charge in [-0.3, -0.25) is 4.79 Å². The molecule has 9 heteroatoms. The number of amides is 1. The van der Waals surface area contributed by atoms with E-state index in [1.54, 1.807) is 48.5 Å². The summed E-state index contributed by atoms with van der Waals surface area (Å²) in [5, 5.41) is 12.1. The van der Waals surface area contributed by atoms with Crippen molar-refractivity contribution in [3.63, 3.8) is 0 Å². The van der Waals surface area contributed by atoms with Crippen LogP contribution in [0.15, 0.2) is 83.5 Å². The van der Waals surface area contributed by atoms with E-state index in [0.29, 0.717) is 5.76 Å². The molecule has 0 unspecified atom stereocenters. The lowest BCUT2D eigenvalue weighted by Gasteiger charge is -2.23. The van der Waals surface area contributed by atoms with Crippen LogP contribution in [0.1, 0.15) is 26.5 Å². The monoisotopic (exact) mass is 437 g/mol. The minimum Gasteiger partial charge on any atom is -0.478 e. The first-order valence-corrected chi connectivity index (χ1v) is 9.50. The van der Waals surface area contributed by atoms with Gasteiger partial charge in [0.25, 0.3) is 5.91 Å². The van der Waals surface area contributed by atoms with Crippen molar-refractivity contribution in [3.8, 4) is 0 Å². The normalized spacial score (nSPS) is 12.2. The van der Waals surface area contributed by atoms with Gasteiger partial charge in [0, 0.05) is 0 Å². The van der Waals surface area contributed by atoms with Crippen molar-refractivity contribution in [2.75, 3.05) is 0 Å². The summed E-state index contributed by atoms with van der Waals surface area (Å²) < 4.78 is 15.4. The number of ether oxygens (including phenoxy) is 2. The van der Waals surface area contributed by atoms with Crippen LogP contribution in [0.5, 0.6) is 0 Å². The molecule has 0 saturated heterocycles. The van der Waals surface area contributed by atoms with E-state index in [0.717, 1.165) is 0 Å². The molecule has 2 N–H and O–H groups in total. The van der Waals surface area contributed by atoms with Gasteiger partial charge in [-0.2, -0.15) is 0 Å². The average molecular weight is 437 g/mol. The summed E-state index contributed by atoms with van der Waals surface area (Å²) in [6.07, 6.45) is -2.65. The average Bonchev–Trinajstić information content (AvgIpc) is 3.34. The molecule has 0 fully saturated rings. The summed E-state index contributed by atoms with van der Waals surface area (Å²) in [5.41, 5.74) is 0.165. The first kappa shape index (κ1) is 22.3. The lowest BCUT2D eigenvalue weighted by molar-refractivity contribution is -0.159. The number of esters is 2. The summed E-state index contributed by atoms with van der Waals surface area (Å²) in [7, 11) is 0. The fraction of sp³-hybridized carbons (Fsp3) is 0.130. The zero-order valence-corrected chi connectivity index (χ0v) is 16.7. The van der Waals surface area contributed by atoms with E-state index in [1.165, 1.54) is 30.5 Å². The molecule has 2 aromatic carbocycles. The Labute approximate surface area is 182 Å². The van der Waals surface area contributed by atoms with Crippen LogP contribution in [0.25, 0.3) is 0 Å². The molecule has 0 bridgehead atoms. The number of aliphatic carboxylic acids is 1. The standard InChI is InChI=1S/C23H19NO8/c25-20(24-14-17-12-7-13-30-17)18(31-22(28)15-8-3-1-4-9-15)19(21(26)27)32-23(29)16-10-5-2-6-11-16/h1-13,18-19H,14H2,(H,24,25)(H,26,27)/t18-,19+/m1/s1. The van der Waals surface area contributed by atoms with Crippen molar-refractivity contribution in [1.82, 2.24) is 5.32 Å². The number of carbonyl (C=O) groups is 4. The van der Waals surface area contributed by atoms with Crippen LogP contribution < -0.4 is 5.32 Å². The topological polar surface area (TPSA) is 132 Å². The molecule has 3 aromatic rings. The highest BCUT2D eigenvalue weighted by molar-refractivity contribution is 5.96. The van der Waals surface area contributed by atoms with E-state index < -0.39 is 36.0 Å². The molecule has 32 heavy (non-hydrogen) atoms. The molecular weight excluding hydrogens is 418 g/mol. The molecule has 0 aliphatic carbocycles. The molecule has 0 aliphatic rings. The smallest absolute Gasteiger partial charge is 0.349 e. The first-order valence-electron chi connectivity index (χ1n) is 9.50. The highest BCUT2D eigenvalue weighted by atomic mass is 16.6. The van der Waals surface area contributed by atoms with Crippen LogP contribution in [0, 0.1) is 0 Å². The van der Waals surface area contributed by atoms with E-state index in [9.17, 15) is 24.3 Å². The molecule has 1 aromatic heterocycles. The van der Waals surface area contributed by atoms with Crippen molar-refractivity contribution in [2.24, 2.45) is 0 Å². The van der Waals surface area contributed by atoms with Gasteiger partial charge < -0.3 is 24.3 Å². The minimum absolute atomic E-state index is 0.0721. The number of benzene rings is 2. The van der Waals surface area contributed by atoms with Gasteiger partial charge in [-0.25, -0.2) is 14.4 Å². The lowest BCUT2D eigenvalue weighted by atomic mass is 10.1. The van der Waals surface area contributed by atoms with E-state index in [4.69, 9.17) is 13.9 Å². The molecule has 1 amide bonds. The van der Waals surface area contributed by atoms with E-state index in [-0.39, 0.29) is 17.7 Å². The molecule has 0 aliphatic heterocycles. The second-order valence-corrected chi connectivity index (χ2v) is 6.52. The molecule has 0 radical (unpaired) electrons. The Bertz CT molecular complexity index is 1060. The second kappa shape index (κ2) is 10.6. The number of carbonyl (C=O) groups excluding carboxylic acids is 3. The van der Waals surface area contributed by atoms with Crippen LogP contribution in [0.3, 0.4) is 0 Å². The Hall–Kier alpha value is -4.40. The Morgan fingerprint density at radius 1 is 0.781 bits per heavy atom.